The van der Waals surface area contributed by atoms with Gasteiger partial charge in [-0.2, -0.15) is 5.26 Å². The van der Waals surface area contributed by atoms with Gasteiger partial charge in [0.1, 0.15) is 24.0 Å². The Balaban J connectivity index is 1.53. The molecule has 0 unspecified atom stereocenters. The van der Waals surface area contributed by atoms with Gasteiger partial charge in [-0.05, 0) is 63.0 Å². The van der Waals surface area contributed by atoms with Gasteiger partial charge < -0.3 is 19.9 Å². The highest BCUT2D eigenvalue weighted by molar-refractivity contribution is 9.10. The van der Waals surface area contributed by atoms with Crippen LogP contribution in [0, 0.1) is 11.3 Å². The number of hydrogen-bond acceptors (Lipinski definition) is 5. The van der Waals surface area contributed by atoms with Gasteiger partial charge in [0.2, 0.25) is 6.79 Å². The van der Waals surface area contributed by atoms with E-state index in [9.17, 15) is 4.79 Å². The molecule has 0 atom stereocenters. The monoisotopic (exact) mass is 510 g/mol. The maximum Gasteiger partial charge on any atom is 0.259 e. The fraction of sp³-hybridized carbons (Fsp3) is 0.0833. The minimum absolute atomic E-state index is 0.154. The predicted octanol–water partition coefficient (Wildman–Crippen LogP) is 5.47. The lowest BCUT2D eigenvalue weighted by atomic mass is 10.0. The van der Waals surface area contributed by atoms with E-state index in [-0.39, 0.29) is 19.0 Å². The van der Waals surface area contributed by atoms with Gasteiger partial charge in [0.15, 0.2) is 11.5 Å². The van der Waals surface area contributed by atoms with Gasteiger partial charge in [-0.3, -0.25) is 4.79 Å². The summed E-state index contributed by atoms with van der Waals surface area (Å²) >= 11 is 10.0. The van der Waals surface area contributed by atoms with Crippen molar-refractivity contribution in [3.8, 4) is 34.4 Å². The number of nitrogens with zero attached hydrogens (tertiary/aromatic N) is 1. The van der Waals surface area contributed by atoms with E-state index in [1.807, 2.05) is 36.4 Å². The highest BCUT2D eigenvalue weighted by Crippen LogP contribution is 2.39. The summed E-state index contributed by atoms with van der Waals surface area (Å²) in [4.78, 5) is 11.2. The van der Waals surface area contributed by atoms with Crippen LogP contribution < -0.4 is 19.9 Å². The van der Waals surface area contributed by atoms with Crippen LogP contribution in [0.4, 0.5) is 0 Å². The zero-order valence-electron chi connectivity index (χ0n) is 16.6. The van der Waals surface area contributed by atoms with E-state index in [0.717, 1.165) is 26.9 Å². The van der Waals surface area contributed by atoms with Crippen LogP contribution in [0.2, 0.25) is 5.02 Å². The molecule has 0 aliphatic carbocycles. The number of nitrogens with two attached hydrogens (primary N) is 1. The van der Waals surface area contributed by atoms with Crippen LogP contribution in [-0.4, -0.2) is 12.7 Å². The van der Waals surface area contributed by atoms with E-state index in [1.54, 1.807) is 24.3 Å². The molecule has 4 rings (SSSR count). The molecule has 32 heavy (non-hydrogen) atoms. The molecule has 1 aliphatic rings. The van der Waals surface area contributed by atoms with Crippen molar-refractivity contribution in [1.29, 1.82) is 5.26 Å². The second-order valence-electron chi connectivity index (χ2n) is 6.86. The quantitative estimate of drug-likeness (QED) is 0.350. The lowest BCUT2D eigenvalue weighted by molar-refractivity contribution is -0.114. The third-order valence-corrected chi connectivity index (χ3v) is 6.03. The van der Waals surface area contributed by atoms with Crippen LogP contribution >= 0.6 is 27.5 Å². The molecule has 0 radical (unpaired) electrons. The number of carbonyl (C=O) groups excluding carboxylic acids is 1. The molecule has 0 bridgehead atoms. The summed E-state index contributed by atoms with van der Waals surface area (Å²) in [5.74, 6) is 1.13. The van der Waals surface area contributed by atoms with Crippen molar-refractivity contribution in [2.45, 2.75) is 6.61 Å². The number of hydrogen-bond donors (Lipinski definition) is 1. The molecular weight excluding hydrogens is 496 g/mol. The minimum atomic E-state index is -0.795. The second kappa shape index (κ2) is 9.35. The fourth-order valence-electron chi connectivity index (χ4n) is 3.18. The number of rotatable bonds is 6. The van der Waals surface area contributed by atoms with Crippen LogP contribution in [0.25, 0.3) is 17.2 Å². The van der Waals surface area contributed by atoms with Gasteiger partial charge in [-0.25, -0.2) is 0 Å². The van der Waals surface area contributed by atoms with Crippen LogP contribution in [0.3, 0.4) is 0 Å². The van der Waals surface area contributed by atoms with Crippen molar-refractivity contribution in [2.24, 2.45) is 5.73 Å². The van der Waals surface area contributed by atoms with Crippen LogP contribution in [0.5, 0.6) is 17.2 Å². The third-order valence-electron chi connectivity index (χ3n) is 4.80. The van der Waals surface area contributed by atoms with Gasteiger partial charge in [0.05, 0.1) is 5.02 Å². The number of fused-ring (bicyclic) bond motifs is 1. The molecule has 160 valence electrons. The van der Waals surface area contributed by atoms with Gasteiger partial charge in [-0.1, -0.05) is 41.9 Å². The first-order chi connectivity index (χ1) is 15.5. The Kier molecular flexibility index (Phi) is 6.35. The number of primary amides is 1. The molecule has 3 aromatic carbocycles. The standard InChI is InChI=1S/C24H16BrClN2O4/c25-23-16(2-1-3-18(23)15-5-7-21-22(10-15)32-13-31-21)12-30-20-6-4-14(9-19(20)26)8-17(11-27)24(28)29/h1-10H,12-13H2,(H2,28,29)/b17-8+. The van der Waals surface area contributed by atoms with E-state index in [1.165, 1.54) is 6.08 Å². The van der Waals surface area contributed by atoms with E-state index in [0.29, 0.717) is 22.1 Å². The summed E-state index contributed by atoms with van der Waals surface area (Å²) in [6.07, 6.45) is 1.38. The Labute approximate surface area is 197 Å². The predicted molar refractivity (Wildman–Crippen MR) is 124 cm³/mol. The van der Waals surface area contributed by atoms with Crippen molar-refractivity contribution in [1.82, 2.24) is 0 Å². The molecule has 0 fully saturated rings. The van der Waals surface area contributed by atoms with Crippen LogP contribution in [-0.2, 0) is 11.4 Å². The summed E-state index contributed by atoms with van der Waals surface area (Å²) in [5, 5.41) is 9.32. The van der Waals surface area contributed by atoms with Gasteiger partial charge in [0.25, 0.3) is 5.91 Å². The first-order valence-corrected chi connectivity index (χ1v) is 10.6. The summed E-state index contributed by atoms with van der Waals surface area (Å²) in [5.41, 5.74) is 8.49. The topological polar surface area (TPSA) is 94.6 Å². The highest BCUT2D eigenvalue weighted by atomic mass is 79.9. The van der Waals surface area contributed by atoms with E-state index in [2.05, 4.69) is 15.9 Å². The minimum Gasteiger partial charge on any atom is -0.487 e. The largest absolute Gasteiger partial charge is 0.487 e. The number of ether oxygens (including phenoxy) is 3. The molecule has 1 aliphatic heterocycles. The fourth-order valence-corrected chi connectivity index (χ4v) is 4.03. The maximum absolute atomic E-state index is 11.2. The lowest BCUT2D eigenvalue weighted by Gasteiger charge is -2.13. The molecule has 0 aromatic heterocycles. The number of carbonyl (C=O) groups is 1. The summed E-state index contributed by atoms with van der Waals surface area (Å²) in [6.45, 7) is 0.502. The Morgan fingerprint density at radius 1 is 1.19 bits per heavy atom. The molecule has 1 heterocycles. The molecule has 0 saturated heterocycles. The molecule has 3 aromatic rings. The van der Waals surface area contributed by atoms with Crippen LogP contribution in [0.15, 0.2) is 64.6 Å². The molecule has 0 spiro atoms. The molecule has 1 amide bonds. The zero-order chi connectivity index (χ0) is 22.7. The van der Waals surface area contributed by atoms with E-state index < -0.39 is 5.91 Å². The van der Waals surface area contributed by atoms with Gasteiger partial charge in [0, 0.05) is 10.0 Å². The van der Waals surface area contributed by atoms with Crippen molar-refractivity contribution in [3.63, 3.8) is 0 Å². The van der Waals surface area contributed by atoms with E-state index in [4.69, 9.17) is 36.8 Å². The van der Waals surface area contributed by atoms with Gasteiger partial charge >= 0.3 is 0 Å². The second-order valence-corrected chi connectivity index (χ2v) is 8.06. The average molecular weight is 512 g/mol. The summed E-state index contributed by atoms with van der Waals surface area (Å²) < 4.78 is 17.7. The maximum atomic E-state index is 11.2. The number of nitriles is 1. The molecule has 6 nitrogen and oxygen atoms in total. The first-order valence-electron chi connectivity index (χ1n) is 9.47. The smallest absolute Gasteiger partial charge is 0.259 e. The Bertz CT molecular complexity index is 1280. The highest BCUT2D eigenvalue weighted by Gasteiger charge is 2.16. The lowest BCUT2D eigenvalue weighted by Crippen LogP contribution is -2.12. The first kappa shape index (κ1) is 21.8. The van der Waals surface area contributed by atoms with Crippen LogP contribution in [0.1, 0.15) is 11.1 Å². The average Bonchev–Trinajstić information content (AvgIpc) is 3.25. The Morgan fingerprint density at radius 3 is 2.75 bits per heavy atom. The molecular formula is C24H16BrClN2O4. The van der Waals surface area contributed by atoms with Crippen molar-refractivity contribution >= 4 is 39.5 Å². The summed E-state index contributed by atoms with van der Waals surface area (Å²) in [7, 11) is 0. The number of halogens is 2. The normalized spacial score (nSPS) is 12.3. The van der Waals surface area contributed by atoms with Gasteiger partial charge in [-0.15, -0.1) is 0 Å². The molecule has 2 N–H and O–H groups in total. The van der Waals surface area contributed by atoms with E-state index >= 15 is 0 Å². The Hall–Kier alpha value is -3.47. The summed E-state index contributed by atoms with van der Waals surface area (Å²) in [6, 6.07) is 18.5. The zero-order valence-corrected chi connectivity index (χ0v) is 18.9. The number of amides is 1. The third kappa shape index (κ3) is 4.57. The van der Waals surface area contributed by atoms with Crippen molar-refractivity contribution < 1.29 is 19.0 Å². The number of benzene rings is 3. The molecule has 0 saturated carbocycles. The molecule has 8 heteroatoms. The van der Waals surface area contributed by atoms with Crippen molar-refractivity contribution in [2.75, 3.05) is 6.79 Å². The van der Waals surface area contributed by atoms with Crippen molar-refractivity contribution in [3.05, 3.63) is 80.8 Å². The Morgan fingerprint density at radius 2 is 2.00 bits per heavy atom. The SMILES string of the molecule is N#C/C(=C\c1ccc(OCc2cccc(-c3ccc4c(c3)OCO4)c2Br)c(Cl)c1)C(N)=O.